The van der Waals surface area contributed by atoms with Crippen LogP contribution in [-0.4, -0.2) is 28.8 Å². The summed E-state index contributed by atoms with van der Waals surface area (Å²) in [6.45, 7) is 0.596. The molecule has 5 nitrogen and oxygen atoms in total. The monoisotopic (exact) mass is 354 g/mol. The van der Waals surface area contributed by atoms with Crippen molar-refractivity contribution in [2.45, 2.75) is 18.1 Å². The predicted molar refractivity (Wildman–Crippen MR) is 96.2 cm³/mol. The van der Waals surface area contributed by atoms with Crippen LogP contribution in [-0.2, 0) is 6.42 Å². The fourth-order valence-corrected chi connectivity index (χ4v) is 2.88. The SMILES string of the molecule is O=Cc1ccc(OCCCSc2nnc(Cc3ccccc3)o2)cc1. The molecule has 0 amide bonds. The Morgan fingerprint density at radius 1 is 1.04 bits per heavy atom. The lowest BCUT2D eigenvalue weighted by Crippen LogP contribution is -1.98. The Hall–Kier alpha value is -2.60. The van der Waals surface area contributed by atoms with Gasteiger partial charge in [0.1, 0.15) is 12.0 Å². The van der Waals surface area contributed by atoms with Gasteiger partial charge in [-0.15, -0.1) is 10.2 Å². The van der Waals surface area contributed by atoms with Crippen molar-refractivity contribution in [3.05, 3.63) is 71.6 Å². The van der Waals surface area contributed by atoms with Crippen molar-refractivity contribution in [3.8, 4) is 5.75 Å². The smallest absolute Gasteiger partial charge is 0.276 e. The van der Waals surface area contributed by atoms with Gasteiger partial charge < -0.3 is 9.15 Å². The van der Waals surface area contributed by atoms with Gasteiger partial charge in [0.25, 0.3) is 5.22 Å². The van der Waals surface area contributed by atoms with Gasteiger partial charge in [0.2, 0.25) is 5.89 Å². The van der Waals surface area contributed by atoms with Crippen molar-refractivity contribution >= 4 is 18.0 Å². The van der Waals surface area contributed by atoms with Crippen LogP contribution in [0.25, 0.3) is 0 Å². The first-order valence-corrected chi connectivity index (χ1v) is 8.99. The van der Waals surface area contributed by atoms with Crippen LogP contribution >= 0.6 is 11.8 Å². The van der Waals surface area contributed by atoms with Crippen molar-refractivity contribution in [3.63, 3.8) is 0 Å². The van der Waals surface area contributed by atoms with Crippen molar-refractivity contribution in [2.75, 3.05) is 12.4 Å². The molecule has 1 aromatic heterocycles. The number of carbonyl (C=O) groups is 1. The second kappa shape index (κ2) is 9.03. The second-order valence-corrected chi connectivity index (χ2v) is 6.41. The van der Waals surface area contributed by atoms with E-state index in [0.717, 1.165) is 29.8 Å². The zero-order valence-electron chi connectivity index (χ0n) is 13.6. The van der Waals surface area contributed by atoms with Crippen LogP contribution in [0.1, 0.15) is 28.2 Å². The number of aromatic nitrogens is 2. The topological polar surface area (TPSA) is 65.2 Å². The summed E-state index contributed by atoms with van der Waals surface area (Å²) in [4.78, 5) is 10.6. The molecule has 25 heavy (non-hydrogen) atoms. The van der Waals surface area contributed by atoms with Gasteiger partial charge in [-0.25, -0.2) is 0 Å². The molecule has 0 fully saturated rings. The molecule has 0 bridgehead atoms. The molecule has 2 aromatic carbocycles. The highest BCUT2D eigenvalue weighted by molar-refractivity contribution is 7.99. The summed E-state index contributed by atoms with van der Waals surface area (Å²) >= 11 is 1.53. The quantitative estimate of drug-likeness (QED) is 0.328. The number of benzene rings is 2. The van der Waals surface area contributed by atoms with Crippen LogP contribution in [0, 0.1) is 0 Å². The standard InChI is InChI=1S/C19H18N2O3S/c22-14-16-7-9-17(10-8-16)23-11-4-12-25-19-21-20-18(24-19)13-15-5-2-1-3-6-15/h1-3,5-10,14H,4,11-13H2. The van der Waals surface area contributed by atoms with E-state index in [4.69, 9.17) is 9.15 Å². The lowest BCUT2D eigenvalue weighted by molar-refractivity contribution is 0.112. The Morgan fingerprint density at radius 3 is 2.60 bits per heavy atom. The molecule has 0 radical (unpaired) electrons. The number of aldehydes is 1. The van der Waals surface area contributed by atoms with E-state index in [1.54, 1.807) is 24.3 Å². The average molecular weight is 354 g/mol. The Labute approximate surface area is 150 Å². The number of hydrogen-bond acceptors (Lipinski definition) is 6. The predicted octanol–water partition coefficient (Wildman–Crippen LogP) is 4.03. The van der Waals surface area contributed by atoms with E-state index in [-0.39, 0.29) is 0 Å². The molecule has 1 heterocycles. The Balaban J connectivity index is 1.37. The van der Waals surface area contributed by atoms with E-state index < -0.39 is 0 Å². The summed E-state index contributed by atoms with van der Waals surface area (Å²) < 4.78 is 11.3. The highest BCUT2D eigenvalue weighted by Crippen LogP contribution is 2.19. The molecule has 6 heteroatoms. The average Bonchev–Trinajstić information content (AvgIpc) is 3.10. The maximum atomic E-state index is 10.6. The fraction of sp³-hybridized carbons (Fsp3) is 0.211. The molecular formula is C19H18N2O3S. The first-order chi connectivity index (χ1) is 12.3. The van der Waals surface area contributed by atoms with Crippen molar-refractivity contribution in [2.24, 2.45) is 0 Å². The summed E-state index contributed by atoms with van der Waals surface area (Å²) in [6, 6.07) is 17.1. The largest absolute Gasteiger partial charge is 0.494 e. The lowest BCUT2D eigenvalue weighted by Gasteiger charge is -2.05. The summed E-state index contributed by atoms with van der Waals surface area (Å²) in [5, 5.41) is 8.72. The number of rotatable bonds is 9. The normalized spacial score (nSPS) is 10.6. The van der Waals surface area contributed by atoms with Gasteiger partial charge in [0, 0.05) is 11.3 Å². The molecule has 3 aromatic rings. The van der Waals surface area contributed by atoms with E-state index in [1.165, 1.54) is 11.8 Å². The third-order valence-corrected chi connectivity index (χ3v) is 4.35. The number of carbonyl (C=O) groups excluding carboxylic acids is 1. The van der Waals surface area contributed by atoms with E-state index >= 15 is 0 Å². The summed E-state index contributed by atoms with van der Waals surface area (Å²) in [5.74, 6) is 2.22. The Kier molecular flexibility index (Phi) is 6.23. The Bertz CT molecular complexity index is 788. The fourth-order valence-electron chi connectivity index (χ4n) is 2.19. The van der Waals surface area contributed by atoms with Gasteiger partial charge in [0.15, 0.2) is 0 Å². The molecule has 0 aliphatic heterocycles. The van der Waals surface area contributed by atoms with Gasteiger partial charge in [-0.2, -0.15) is 0 Å². The van der Waals surface area contributed by atoms with Crippen molar-refractivity contribution in [1.82, 2.24) is 10.2 Å². The number of nitrogens with zero attached hydrogens (tertiary/aromatic N) is 2. The zero-order valence-corrected chi connectivity index (χ0v) is 14.4. The molecule has 0 atom stereocenters. The summed E-state index contributed by atoms with van der Waals surface area (Å²) in [7, 11) is 0. The maximum absolute atomic E-state index is 10.6. The first-order valence-electron chi connectivity index (χ1n) is 8.00. The van der Waals surface area contributed by atoms with Crippen molar-refractivity contribution in [1.29, 1.82) is 0 Å². The maximum Gasteiger partial charge on any atom is 0.276 e. The highest BCUT2D eigenvalue weighted by atomic mass is 32.2. The molecule has 0 aliphatic carbocycles. The summed E-state index contributed by atoms with van der Waals surface area (Å²) in [5.41, 5.74) is 1.79. The van der Waals surface area contributed by atoms with Crippen LogP contribution in [0.5, 0.6) is 5.75 Å². The van der Waals surface area contributed by atoms with Crippen LogP contribution in [0.15, 0.2) is 64.2 Å². The van der Waals surface area contributed by atoms with E-state index in [0.29, 0.717) is 29.7 Å². The van der Waals surface area contributed by atoms with Crippen LogP contribution in [0.3, 0.4) is 0 Å². The van der Waals surface area contributed by atoms with Gasteiger partial charge in [-0.3, -0.25) is 4.79 Å². The van der Waals surface area contributed by atoms with Gasteiger partial charge in [0.05, 0.1) is 13.0 Å². The Morgan fingerprint density at radius 2 is 1.84 bits per heavy atom. The second-order valence-electron chi connectivity index (χ2n) is 5.36. The molecule has 0 aliphatic rings. The molecule has 0 unspecified atom stereocenters. The number of hydrogen-bond donors (Lipinski definition) is 0. The van der Waals surface area contributed by atoms with Crippen molar-refractivity contribution < 1.29 is 13.9 Å². The van der Waals surface area contributed by atoms with E-state index in [2.05, 4.69) is 10.2 Å². The third kappa shape index (κ3) is 5.46. The highest BCUT2D eigenvalue weighted by Gasteiger charge is 2.07. The molecule has 0 saturated carbocycles. The van der Waals surface area contributed by atoms with Crippen LogP contribution in [0.4, 0.5) is 0 Å². The molecule has 3 rings (SSSR count). The minimum Gasteiger partial charge on any atom is -0.494 e. The molecular weight excluding hydrogens is 336 g/mol. The summed E-state index contributed by atoms with van der Waals surface area (Å²) in [6.07, 6.45) is 2.32. The van der Waals surface area contributed by atoms with E-state index in [1.807, 2.05) is 30.3 Å². The minimum absolute atomic E-state index is 0.585. The van der Waals surface area contributed by atoms with E-state index in [9.17, 15) is 4.79 Å². The van der Waals surface area contributed by atoms with Crippen LogP contribution < -0.4 is 4.74 Å². The molecule has 0 spiro atoms. The number of ether oxygens (including phenoxy) is 1. The molecule has 128 valence electrons. The molecule has 0 saturated heterocycles. The van der Waals surface area contributed by atoms with Crippen LogP contribution in [0.2, 0.25) is 0 Å². The lowest BCUT2D eigenvalue weighted by atomic mass is 10.2. The first kappa shape index (κ1) is 17.2. The third-order valence-electron chi connectivity index (χ3n) is 3.45. The molecule has 0 N–H and O–H groups in total. The zero-order chi connectivity index (χ0) is 17.3. The number of thioether (sulfide) groups is 1. The van der Waals surface area contributed by atoms with Gasteiger partial charge in [-0.05, 0) is 36.2 Å². The minimum atomic E-state index is 0.585. The van der Waals surface area contributed by atoms with Gasteiger partial charge >= 0.3 is 0 Å². The van der Waals surface area contributed by atoms with Gasteiger partial charge in [-0.1, -0.05) is 42.1 Å².